The summed E-state index contributed by atoms with van der Waals surface area (Å²) >= 11 is 0. The number of ether oxygens (including phenoxy) is 4. The molecule has 0 aromatic heterocycles. The monoisotopic (exact) mass is 588 g/mol. The van der Waals surface area contributed by atoms with Crippen LogP contribution in [-0.2, 0) is 30.5 Å². The van der Waals surface area contributed by atoms with Gasteiger partial charge >= 0.3 is 12.4 Å². The van der Waals surface area contributed by atoms with Crippen LogP contribution in [0.4, 0.5) is 26.3 Å². The highest BCUT2D eigenvalue weighted by Gasteiger charge is 2.61. The largest absolute Gasteiger partial charge is 0.448 e. The Morgan fingerprint density at radius 1 is 0.805 bits per heavy atom. The second kappa shape index (κ2) is 12.5. The number of rotatable bonds is 11. The zero-order valence-corrected chi connectivity index (χ0v) is 24.2. The Morgan fingerprint density at radius 3 is 1.68 bits per heavy atom. The number of methoxy groups -OCH3 is 2. The molecule has 0 saturated carbocycles. The topological polar surface area (TPSA) is 36.9 Å². The van der Waals surface area contributed by atoms with E-state index >= 15 is 0 Å². The maximum Gasteiger partial charge on any atom is 0.448 e. The van der Waals surface area contributed by atoms with Crippen LogP contribution in [0, 0.1) is 5.41 Å². The first-order valence-electron chi connectivity index (χ1n) is 13.4. The predicted octanol–water partition coefficient (Wildman–Crippen LogP) is 8.82. The smallest absolute Gasteiger partial charge is 0.342 e. The summed E-state index contributed by atoms with van der Waals surface area (Å²) in [5, 5.41) is 0. The van der Waals surface area contributed by atoms with E-state index in [1.165, 1.54) is 48.5 Å². The SMILES string of the molecule is CO[C@@](O[C@@H]1CC(C)=C(CC[C@@H](C)O[C@](OC)(c2ccccc2)C(F)(F)F)C(C)(C)C1)(c1ccccc1)C(F)(F)F. The molecular formula is C31H38F6O4. The van der Waals surface area contributed by atoms with Gasteiger partial charge in [0.05, 0.1) is 12.2 Å². The maximum absolute atomic E-state index is 14.4. The normalized spacial score (nSPS) is 21.7. The van der Waals surface area contributed by atoms with Gasteiger partial charge < -0.3 is 18.9 Å². The molecule has 1 aliphatic rings. The maximum atomic E-state index is 14.4. The first kappa shape index (κ1) is 33.1. The summed E-state index contributed by atoms with van der Waals surface area (Å²) in [6.45, 7) is 7.17. The van der Waals surface area contributed by atoms with Crippen LogP contribution in [0.1, 0.15) is 64.5 Å². The van der Waals surface area contributed by atoms with Gasteiger partial charge in [0.25, 0.3) is 11.6 Å². The molecule has 0 amide bonds. The zero-order chi connectivity index (χ0) is 30.7. The third-order valence-electron chi connectivity index (χ3n) is 7.73. The molecule has 0 heterocycles. The van der Waals surface area contributed by atoms with E-state index in [9.17, 15) is 26.3 Å². The molecule has 4 atom stereocenters. The van der Waals surface area contributed by atoms with Crippen molar-refractivity contribution in [1.82, 2.24) is 0 Å². The van der Waals surface area contributed by atoms with Crippen molar-refractivity contribution in [3.05, 3.63) is 82.9 Å². The van der Waals surface area contributed by atoms with Crippen molar-refractivity contribution in [1.29, 1.82) is 0 Å². The molecule has 0 bridgehead atoms. The second-order valence-corrected chi connectivity index (χ2v) is 11.1. The molecule has 2 aromatic rings. The van der Waals surface area contributed by atoms with E-state index in [2.05, 4.69) is 0 Å². The fourth-order valence-corrected chi connectivity index (χ4v) is 5.84. The molecule has 0 N–H and O–H groups in total. The average molecular weight is 589 g/mol. The van der Waals surface area contributed by atoms with E-state index in [1.54, 1.807) is 19.1 Å². The summed E-state index contributed by atoms with van der Waals surface area (Å²) in [5.41, 5.74) is 0.875. The minimum absolute atomic E-state index is 0.157. The van der Waals surface area contributed by atoms with Crippen molar-refractivity contribution in [3.63, 3.8) is 0 Å². The Labute approximate surface area is 237 Å². The lowest BCUT2D eigenvalue weighted by molar-refractivity contribution is -0.397. The molecule has 0 aliphatic heterocycles. The Bertz CT molecular complexity index is 1160. The molecule has 0 unspecified atom stereocenters. The van der Waals surface area contributed by atoms with Crippen LogP contribution < -0.4 is 0 Å². The Hall–Kier alpha value is -2.40. The standard InChI is InChI=1S/C31H38F6O4/c1-21-19-25(41-29(39-6,31(35,36)37)24-15-11-8-12-16-24)20-27(3,4)26(21)18-17-22(2)40-28(38-5,30(32,33)34)23-13-9-7-10-14-23/h7-16,22,25H,17-20H2,1-6H3/t22-,25-,28-,29-/m1/s1. The Kier molecular flexibility index (Phi) is 10.1. The quantitative estimate of drug-likeness (QED) is 0.149. The molecular weight excluding hydrogens is 550 g/mol. The van der Waals surface area contributed by atoms with Gasteiger partial charge in [0.1, 0.15) is 0 Å². The van der Waals surface area contributed by atoms with Gasteiger partial charge in [-0.05, 0) is 44.9 Å². The summed E-state index contributed by atoms with van der Waals surface area (Å²) in [6, 6.07) is 14.4. The number of allylic oxidation sites excluding steroid dienone is 1. The summed E-state index contributed by atoms with van der Waals surface area (Å²) in [5.74, 6) is -5.87. The molecule has 10 heteroatoms. The van der Waals surface area contributed by atoms with Gasteiger partial charge in [-0.3, -0.25) is 0 Å². The van der Waals surface area contributed by atoms with Gasteiger partial charge in [0.15, 0.2) is 0 Å². The molecule has 3 rings (SSSR count). The van der Waals surface area contributed by atoms with Crippen LogP contribution in [0.15, 0.2) is 71.8 Å². The minimum atomic E-state index is -4.84. The first-order chi connectivity index (χ1) is 19.0. The van der Waals surface area contributed by atoms with E-state index in [4.69, 9.17) is 18.9 Å². The molecule has 4 nitrogen and oxygen atoms in total. The number of alkyl halides is 6. The van der Waals surface area contributed by atoms with Crippen molar-refractivity contribution < 1.29 is 45.3 Å². The summed E-state index contributed by atoms with van der Waals surface area (Å²) in [7, 11) is 1.93. The van der Waals surface area contributed by atoms with Gasteiger partial charge in [-0.25, -0.2) is 0 Å². The van der Waals surface area contributed by atoms with Crippen molar-refractivity contribution in [2.75, 3.05) is 14.2 Å². The second-order valence-electron chi connectivity index (χ2n) is 11.1. The lowest BCUT2D eigenvalue weighted by Crippen LogP contribution is -2.50. The van der Waals surface area contributed by atoms with Crippen LogP contribution in [-0.4, -0.2) is 38.8 Å². The molecule has 0 fully saturated rings. The predicted molar refractivity (Wildman–Crippen MR) is 143 cm³/mol. The minimum Gasteiger partial charge on any atom is -0.342 e. The van der Waals surface area contributed by atoms with Crippen molar-refractivity contribution in [2.45, 2.75) is 89.5 Å². The molecule has 41 heavy (non-hydrogen) atoms. The molecule has 1 aliphatic carbocycles. The van der Waals surface area contributed by atoms with E-state index in [-0.39, 0.29) is 30.4 Å². The lowest BCUT2D eigenvalue weighted by atomic mass is 9.70. The summed E-state index contributed by atoms with van der Waals surface area (Å²) in [6.07, 6.45) is -10.2. The van der Waals surface area contributed by atoms with Crippen molar-refractivity contribution in [2.24, 2.45) is 5.41 Å². The fraction of sp³-hybridized carbons (Fsp3) is 0.548. The third kappa shape index (κ3) is 6.82. The van der Waals surface area contributed by atoms with Gasteiger partial charge in [-0.15, -0.1) is 0 Å². The average Bonchev–Trinajstić information content (AvgIpc) is 2.89. The Balaban J connectivity index is 1.80. The van der Waals surface area contributed by atoms with E-state index in [1.807, 2.05) is 20.8 Å². The number of hydrogen-bond acceptors (Lipinski definition) is 4. The van der Waals surface area contributed by atoms with E-state index < -0.39 is 41.5 Å². The highest BCUT2D eigenvalue weighted by molar-refractivity contribution is 5.26. The Morgan fingerprint density at radius 2 is 1.27 bits per heavy atom. The molecule has 2 aromatic carbocycles. The third-order valence-corrected chi connectivity index (χ3v) is 7.73. The summed E-state index contributed by atoms with van der Waals surface area (Å²) < 4.78 is 107. The van der Waals surface area contributed by atoms with Gasteiger partial charge in [-0.1, -0.05) is 85.7 Å². The van der Waals surface area contributed by atoms with Crippen molar-refractivity contribution in [3.8, 4) is 0 Å². The van der Waals surface area contributed by atoms with Gasteiger partial charge in [0, 0.05) is 25.3 Å². The highest BCUT2D eigenvalue weighted by Crippen LogP contribution is 2.50. The molecule has 228 valence electrons. The molecule has 0 spiro atoms. The van der Waals surface area contributed by atoms with Gasteiger partial charge in [-0.2, -0.15) is 26.3 Å². The zero-order valence-electron chi connectivity index (χ0n) is 24.2. The van der Waals surface area contributed by atoms with Crippen LogP contribution in [0.3, 0.4) is 0 Å². The van der Waals surface area contributed by atoms with E-state index in [0.29, 0.717) is 6.42 Å². The highest BCUT2D eigenvalue weighted by atomic mass is 19.4. The van der Waals surface area contributed by atoms with Crippen LogP contribution >= 0.6 is 0 Å². The van der Waals surface area contributed by atoms with Crippen LogP contribution in [0.5, 0.6) is 0 Å². The number of hydrogen-bond donors (Lipinski definition) is 0. The fourth-order valence-electron chi connectivity index (χ4n) is 5.84. The molecule has 0 radical (unpaired) electrons. The van der Waals surface area contributed by atoms with Crippen LogP contribution in [0.25, 0.3) is 0 Å². The summed E-state index contributed by atoms with van der Waals surface area (Å²) in [4.78, 5) is 0. The van der Waals surface area contributed by atoms with Crippen LogP contribution in [0.2, 0.25) is 0 Å². The molecule has 0 saturated heterocycles. The first-order valence-corrected chi connectivity index (χ1v) is 13.4. The van der Waals surface area contributed by atoms with E-state index in [0.717, 1.165) is 25.4 Å². The lowest BCUT2D eigenvalue weighted by Gasteiger charge is -2.44. The number of halogens is 6. The van der Waals surface area contributed by atoms with Crippen molar-refractivity contribution >= 4 is 0 Å². The number of benzene rings is 2. The van der Waals surface area contributed by atoms with Gasteiger partial charge in [0.2, 0.25) is 0 Å².